The first-order chi connectivity index (χ1) is 12.0. The maximum absolute atomic E-state index is 12.5. The quantitative estimate of drug-likeness (QED) is 0.457. The molecule has 2 aromatic rings. The molecule has 0 heterocycles. The van der Waals surface area contributed by atoms with Crippen LogP contribution in [0.15, 0.2) is 48.5 Å². The maximum Gasteiger partial charge on any atom is 0.386 e. The monoisotopic (exact) mass is 386 g/mol. The molecule has 0 unspecified atom stereocenters. The molecule has 6 heteroatoms. The van der Waals surface area contributed by atoms with E-state index in [0.717, 1.165) is 10.4 Å². The average Bonchev–Trinajstić information content (AvgIpc) is 2.58. The van der Waals surface area contributed by atoms with E-state index in [0.29, 0.717) is 11.1 Å². The van der Waals surface area contributed by atoms with Crippen LogP contribution in [0.2, 0.25) is 39.3 Å². The second-order valence-electron chi connectivity index (χ2n) is 8.33. The summed E-state index contributed by atoms with van der Waals surface area (Å²) >= 11 is 0. The zero-order valence-corrected chi connectivity index (χ0v) is 18.3. The fraction of sp³-hybridized carbons (Fsp3) is 0.300. The molecule has 0 aliphatic heterocycles. The van der Waals surface area contributed by atoms with Crippen molar-refractivity contribution in [1.82, 2.24) is 0 Å². The molecule has 2 rings (SSSR count). The van der Waals surface area contributed by atoms with Crippen LogP contribution in [0.5, 0.6) is 0 Å². The summed E-state index contributed by atoms with van der Waals surface area (Å²) in [5.41, 5.74) is 0.913. The van der Waals surface area contributed by atoms with Crippen molar-refractivity contribution in [3.63, 3.8) is 0 Å². The minimum absolute atomic E-state index is 0.456. The van der Waals surface area contributed by atoms with E-state index in [1.165, 1.54) is 0 Å². The van der Waals surface area contributed by atoms with Gasteiger partial charge in [-0.25, -0.2) is 19.4 Å². The lowest BCUT2D eigenvalue weighted by atomic mass is 10.2. The second kappa shape index (κ2) is 7.59. The van der Waals surface area contributed by atoms with E-state index in [-0.39, 0.29) is 0 Å². The number of carbonyl (C=O) groups is 2. The lowest BCUT2D eigenvalue weighted by Gasteiger charge is -2.20. The second-order valence-corrected chi connectivity index (χ2v) is 18.4. The zero-order valence-electron chi connectivity index (χ0n) is 16.3. The third-order valence-corrected chi connectivity index (χ3v) is 8.21. The van der Waals surface area contributed by atoms with Crippen LogP contribution in [0.3, 0.4) is 0 Å². The lowest BCUT2D eigenvalue weighted by molar-refractivity contribution is -0.187. The molecule has 0 aliphatic carbocycles. The lowest BCUT2D eigenvalue weighted by Crippen LogP contribution is -2.42. The van der Waals surface area contributed by atoms with Crippen LogP contribution in [0.4, 0.5) is 0 Å². The van der Waals surface area contributed by atoms with E-state index in [9.17, 15) is 9.59 Å². The largest absolute Gasteiger partial charge is 0.386 e. The van der Waals surface area contributed by atoms with Crippen LogP contribution < -0.4 is 10.4 Å². The van der Waals surface area contributed by atoms with Gasteiger partial charge in [-0.2, -0.15) is 0 Å². The van der Waals surface area contributed by atoms with Crippen molar-refractivity contribution in [2.75, 3.05) is 0 Å². The Morgan fingerprint density at radius 2 is 0.923 bits per heavy atom. The van der Waals surface area contributed by atoms with Crippen LogP contribution in [0.1, 0.15) is 20.7 Å². The van der Waals surface area contributed by atoms with E-state index < -0.39 is 28.1 Å². The van der Waals surface area contributed by atoms with Crippen LogP contribution >= 0.6 is 0 Å². The molecule has 0 amide bonds. The molecule has 138 valence electrons. The topological polar surface area (TPSA) is 52.6 Å². The zero-order chi connectivity index (χ0) is 19.5. The van der Waals surface area contributed by atoms with Gasteiger partial charge in [-0.3, -0.25) is 0 Å². The van der Waals surface area contributed by atoms with Crippen molar-refractivity contribution in [1.29, 1.82) is 0 Å². The van der Waals surface area contributed by atoms with E-state index in [4.69, 9.17) is 9.78 Å². The Balaban J connectivity index is 2.19. The Hall–Kier alpha value is -2.19. The predicted octanol–water partition coefficient (Wildman–Crippen LogP) is 3.71. The molecule has 0 fully saturated rings. The minimum Gasteiger partial charge on any atom is -0.242 e. The Labute approximate surface area is 157 Å². The summed E-state index contributed by atoms with van der Waals surface area (Å²) in [7, 11) is -3.46. The highest BCUT2D eigenvalue weighted by atomic mass is 28.3. The SMILES string of the molecule is C[Si](C)(C)c1ccccc1C(=O)OOC(=O)c1ccccc1[Si](C)(C)C. The van der Waals surface area contributed by atoms with Gasteiger partial charge in [0.05, 0.1) is 27.3 Å². The molecule has 4 nitrogen and oxygen atoms in total. The third kappa shape index (κ3) is 4.71. The predicted molar refractivity (Wildman–Crippen MR) is 110 cm³/mol. The Morgan fingerprint density at radius 3 is 1.23 bits per heavy atom. The van der Waals surface area contributed by atoms with Gasteiger partial charge in [-0.1, -0.05) is 75.7 Å². The molecule has 0 radical (unpaired) electrons. The van der Waals surface area contributed by atoms with Gasteiger partial charge in [0.1, 0.15) is 0 Å². The fourth-order valence-corrected chi connectivity index (χ4v) is 5.97. The number of rotatable bonds is 4. The highest BCUT2D eigenvalue weighted by Crippen LogP contribution is 2.11. The molecule has 0 bridgehead atoms. The summed E-state index contributed by atoms with van der Waals surface area (Å²) in [6.45, 7) is 12.9. The smallest absolute Gasteiger partial charge is 0.242 e. The summed E-state index contributed by atoms with van der Waals surface area (Å²) in [5, 5.41) is 1.95. The van der Waals surface area contributed by atoms with Crippen molar-refractivity contribution < 1.29 is 19.4 Å². The molecule has 2 aromatic carbocycles. The van der Waals surface area contributed by atoms with Gasteiger partial charge >= 0.3 is 11.9 Å². The summed E-state index contributed by atoms with van der Waals surface area (Å²) in [6, 6.07) is 14.7. The number of hydrogen-bond acceptors (Lipinski definition) is 4. The van der Waals surface area contributed by atoms with Crippen molar-refractivity contribution in [3.8, 4) is 0 Å². The van der Waals surface area contributed by atoms with Crippen LogP contribution in [-0.2, 0) is 9.78 Å². The first-order valence-electron chi connectivity index (χ1n) is 8.64. The van der Waals surface area contributed by atoms with E-state index in [1.807, 2.05) is 24.3 Å². The van der Waals surface area contributed by atoms with E-state index in [2.05, 4.69) is 39.3 Å². The first-order valence-corrected chi connectivity index (χ1v) is 15.6. The van der Waals surface area contributed by atoms with Crippen molar-refractivity contribution >= 4 is 38.5 Å². The minimum atomic E-state index is -1.73. The van der Waals surface area contributed by atoms with Gasteiger partial charge in [0.15, 0.2) is 0 Å². The fourth-order valence-electron chi connectivity index (χ4n) is 2.80. The van der Waals surface area contributed by atoms with Crippen LogP contribution in [0.25, 0.3) is 0 Å². The highest BCUT2D eigenvalue weighted by Gasteiger charge is 2.27. The Morgan fingerprint density at radius 1 is 0.615 bits per heavy atom. The van der Waals surface area contributed by atoms with Gasteiger partial charge in [0.2, 0.25) is 0 Å². The maximum atomic E-state index is 12.5. The van der Waals surface area contributed by atoms with Crippen molar-refractivity contribution in [2.24, 2.45) is 0 Å². The number of benzene rings is 2. The van der Waals surface area contributed by atoms with Gasteiger partial charge in [-0.05, 0) is 22.5 Å². The highest BCUT2D eigenvalue weighted by molar-refractivity contribution is 6.90. The molecule has 0 saturated carbocycles. The summed E-state index contributed by atoms with van der Waals surface area (Å²) < 4.78 is 0. The molecular weight excluding hydrogens is 360 g/mol. The number of carbonyl (C=O) groups excluding carboxylic acids is 2. The summed E-state index contributed by atoms with van der Waals surface area (Å²) in [4.78, 5) is 34.7. The van der Waals surface area contributed by atoms with Crippen LogP contribution in [-0.4, -0.2) is 28.1 Å². The van der Waals surface area contributed by atoms with Gasteiger partial charge < -0.3 is 0 Å². The molecule has 0 saturated heterocycles. The third-order valence-electron chi connectivity index (χ3n) is 4.10. The molecule has 0 spiro atoms. The van der Waals surface area contributed by atoms with Gasteiger partial charge in [0, 0.05) is 0 Å². The normalized spacial score (nSPS) is 11.8. The Bertz CT molecular complexity index is 748. The van der Waals surface area contributed by atoms with E-state index >= 15 is 0 Å². The molecular formula is C20H26O4Si2. The first kappa shape index (κ1) is 20.1. The summed E-state index contributed by atoms with van der Waals surface area (Å²) in [6.07, 6.45) is 0. The van der Waals surface area contributed by atoms with Crippen LogP contribution in [0, 0.1) is 0 Å². The molecule has 26 heavy (non-hydrogen) atoms. The average molecular weight is 387 g/mol. The Kier molecular flexibility index (Phi) is 5.88. The van der Waals surface area contributed by atoms with Gasteiger partial charge in [-0.15, -0.1) is 0 Å². The summed E-state index contributed by atoms with van der Waals surface area (Å²) in [5.74, 6) is -1.27. The molecule has 0 N–H and O–H groups in total. The number of hydrogen-bond donors (Lipinski definition) is 0. The molecule has 0 aliphatic rings. The standard InChI is InChI=1S/C20H26O4Si2/c1-25(2,3)17-13-9-7-11-15(17)19(21)23-24-20(22)16-12-8-10-14-18(16)26(4,5)6/h7-14H,1-6H3. The molecule has 0 atom stereocenters. The van der Waals surface area contributed by atoms with Crippen molar-refractivity contribution in [2.45, 2.75) is 39.3 Å². The molecule has 0 aromatic heterocycles. The van der Waals surface area contributed by atoms with Crippen molar-refractivity contribution in [3.05, 3.63) is 59.7 Å². The van der Waals surface area contributed by atoms with E-state index in [1.54, 1.807) is 24.3 Å². The van der Waals surface area contributed by atoms with Gasteiger partial charge in [0.25, 0.3) is 0 Å².